The summed E-state index contributed by atoms with van der Waals surface area (Å²) in [6.07, 6.45) is 5.37. The van der Waals surface area contributed by atoms with Crippen LogP contribution in [0.2, 0.25) is 0 Å². The van der Waals surface area contributed by atoms with Crippen molar-refractivity contribution in [2.45, 2.75) is 19.0 Å². The molecule has 0 aliphatic carbocycles. The van der Waals surface area contributed by atoms with Crippen molar-refractivity contribution in [2.75, 3.05) is 0 Å². The summed E-state index contributed by atoms with van der Waals surface area (Å²) >= 11 is 0. The van der Waals surface area contributed by atoms with E-state index in [-0.39, 0.29) is 5.84 Å². The highest BCUT2D eigenvalue weighted by atomic mass is 16.2. The Kier molecular flexibility index (Phi) is 3.22. The molecule has 1 aromatic carbocycles. The Hall–Kier alpha value is -2.79. The standard InChI is InChI=1S/C14H12N4O/c1-3-9(2)18-12(13(16)17-14(18)19)11-6-4-10(8-15)5-7-11/h1,4-7,9,12H,2H3,(H2,16,17,19). The van der Waals surface area contributed by atoms with Crippen molar-refractivity contribution in [1.29, 1.82) is 5.26 Å². The number of terminal acetylenes is 1. The van der Waals surface area contributed by atoms with E-state index < -0.39 is 18.1 Å². The Balaban J connectivity index is 2.40. The number of benzene rings is 1. The molecule has 1 aromatic rings. The molecule has 0 saturated carbocycles. The van der Waals surface area contributed by atoms with Crippen LogP contribution in [0.25, 0.3) is 0 Å². The van der Waals surface area contributed by atoms with Crippen molar-refractivity contribution in [3.05, 3.63) is 35.4 Å². The first-order valence-electron chi connectivity index (χ1n) is 5.71. The second-order valence-corrected chi connectivity index (χ2v) is 4.21. The van der Waals surface area contributed by atoms with Gasteiger partial charge in [0.25, 0.3) is 0 Å². The van der Waals surface area contributed by atoms with E-state index in [1.165, 1.54) is 4.90 Å². The van der Waals surface area contributed by atoms with Crippen LogP contribution in [-0.4, -0.2) is 22.8 Å². The molecule has 2 unspecified atom stereocenters. The smallest absolute Gasteiger partial charge is 0.347 e. The van der Waals surface area contributed by atoms with Gasteiger partial charge in [-0.2, -0.15) is 10.3 Å². The van der Waals surface area contributed by atoms with Crippen molar-refractivity contribution in [2.24, 2.45) is 10.7 Å². The van der Waals surface area contributed by atoms with Gasteiger partial charge >= 0.3 is 6.03 Å². The van der Waals surface area contributed by atoms with Gasteiger partial charge in [0.1, 0.15) is 11.9 Å². The highest BCUT2D eigenvalue weighted by Gasteiger charge is 2.37. The van der Waals surface area contributed by atoms with E-state index >= 15 is 0 Å². The Bertz CT molecular complexity index is 618. The molecule has 2 amide bonds. The summed E-state index contributed by atoms with van der Waals surface area (Å²) in [6.45, 7) is 1.74. The Morgan fingerprint density at radius 3 is 2.63 bits per heavy atom. The van der Waals surface area contributed by atoms with Crippen molar-refractivity contribution in [1.82, 2.24) is 4.90 Å². The number of nitriles is 1. The Labute approximate surface area is 111 Å². The molecular formula is C14H12N4O. The Morgan fingerprint density at radius 2 is 2.11 bits per heavy atom. The number of carbonyl (C=O) groups excluding carboxylic acids is 1. The lowest BCUT2D eigenvalue weighted by Crippen LogP contribution is -2.38. The minimum absolute atomic E-state index is 0.219. The maximum absolute atomic E-state index is 11.8. The highest BCUT2D eigenvalue weighted by Crippen LogP contribution is 2.28. The van der Waals surface area contributed by atoms with Gasteiger partial charge in [-0.3, -0.25) is 4.90 Å². The van der Waals surface area contributed by atoms with Gasteiger partial charge in [-0.15, -0.1) is 6.42 Å². The second kappa shape index (κ2) is 4.83. The van der Waals surface area contributed by atoms with E-state index in [1.807, 2.05) is 6.07 Å². The average molecular weight is 252 g/mol. The quantitative estimate of drug-likeness (QED) is 0.808. The molecule has 19 heavy (non-hydrogen) atoms. The number of rotatable bonds is 2. The predicted octanol–water partition coefficient (Wildman–Crippen LogP) is 1.41. The second-order valence-electron chi connectivity index (χ2n) is 4.21. The molecule has 1 heterocycles. The topological polar surface area (TPSA) is 82.5 Å². The summed E-state index contributed by atoms with van der Waals surface area (Å²) in [7, 11) is 0. The molecular weight excluding hydrogens is 240 g/mol. The summed E-state index contributed by atoms with van der Waals surface area (Å²) in [5, 5.41) is 8.78. The summed E-state index contributed by atoms with van der Waals surface area (Å²) in [4.78, 5) is 17.0. The van der Waals surface area contributed by atoms with Crippen LogP contribution in [0.3, 0.4) is 0 Å². The first kappa shape index (κ1) is 12.7. The molecule has 5 heteroatoms. The largest absolute Gasteiger partial charge is 0.385 e. The number of aliphatic imine (C=N–C) groups is 1. The maximum Gasteiger partial charge on any atom is 0.347 e. The van der Waals surface area contributed by atoms with Gasteiger partial charge < -0.3 is 5.73 Å². The van der Waals surface area contributed by atoms with Gasteiger partial charge in [-0.05, 0) is 24.6 Å². The summed E-state index contributed by atoms with van der Waals surface area (Å²) in [6, 6.07) is 7.57. The van der Waals surface area contributed by atoms with E-state index in [2.05, 4.69) is 10.9 Å². The normalized spacial score (nSPS) is 19.5. The number of hydrogen-bond donors (Lipinski definition) is 1. The van der Waals surface area contributed by atoms with Crippen LogP contribution >= 0.6 is 0 Å². The zero-order valence-electron chi connectivity index (χ0n) is 10.4. The lowest BCUT2D eigenvalue weighted by atomic mass is 10.0. The monoisotopic (exact) mass is 252 g/mol. The fraction of sp³-hybridized carbons (Fsp3) is 0.214. The van der Waals surface area contributed by atoms with Gasteiger partial charge in [0.05, 0.1) is 17.7 Å². The van der Waals surface area contributed by atoms with Gasteiger partial charge in [0.15, 0.2) is 0 Å². The SMILES string of the molecule is C#CC(C)N1C(=O)N=C(N)C1c1ccc(C#N)cc1. The van der Waals surface area contributed by atoms with Crippen LogP contribution in [0.1, 0.15) is 24.1 Å². The van der Waals surface area contributed by atoms with Crippen LogP contribution in [0, 0.1) is 23.7 Å². The third-order valence-electron chi connectivity index (χ3n) is 3.02. The molecule has 0 fully saturated rings. The molecule has 94 valence electrons. The van der Waals surface area contributed by atoms with Crippen molar-refractivity contribution < 1.29 is 4.79 Å². The van der Waals surface area contributed by atoms with Crippen molar-refractivity contribution in [3.8, 4) is 18.4 Å². The van der Waals surface area contributed by atoms with Crippen LogP contribution in [0.5, 0.6) is 0 Å². The van der Waals surface area contributed by atoms with Gasteiger partial charge in [0, 0.05) is 0 Å². The lowest BCUT2D eigenvalue weighted by molar-refractivity contribution is 0.199. The first-order valence-corrected chi connectivity index (χ1v) is 5.71. The number of amidine groups is 1. The van der Waals surface area contributed by atoms with Crippen LogP contribution < -0.4 is 5.73 Å². The minimum Gasteiger partial charge on any atom is -0.385 e. The summed E-state index contributed by atoms with van der Waals surface area (Å²) in [5.41, 5.74) is 7.14. The molecule has 0 bridgehead atoms. The van der Waals surface area contributed by atoms with Crippen LogP contribution in [0.15, 0.2) is 29.3 Å². The number of urea groups is 1. The zero-order valence-corrected chi connectivity index (χ0v) is 10.4. The van der Waals surface area contributed by atoms with Gasteiger partial charge in [0.2, 0.25) is 0 Å². The van der Waals surface area contributed by atoms with E-state index in [1.54, 1.807) is 31.2 Å². The summed E-state index contributed by atoms with van der Waals surface area (Å²) < 4.78 is 0. The maximum atomic E-state index is 11.8. The number of nitrogens with zero attached hydrogens (tertiary/aromatic N) is 3. The van der Waals surface area contributed by atoms with E-state index in [0.717, 1.165) is 5.56 Å². The first-order chi connectivity index (χ1) is 9.08. The highest BCUT2D eigenvalue weighted by molar-refractivity contribution is 6.03. The minimum atomic E-state index is -0.466. The molecule has 1 aliphatic rings. The third kappa shape index (κ3) is 2.14. The molecule has 5 nitrogen and oxygen atoms in total. The van der Waals surface area contributed by atoms with Crippen LogP contribution in [-0.2, 0) is 0 Å². The molecule has 0 saturated heterocycles. The number of hydrogen-bond acceptors (Lipinski definition) is 3. The molecule has 0 aromatic heterocycles. The number of carbonyl (C=O) groups is 1. The van der Waals surface area contributed by atoms with Crippen molar-refractivity contribution >= 4 is 11.9 Å². The van der Waals surface area contributed by atoms with E-state index in [0.29, 0.717) is 5.56 Å². The summed E-state index contributed by atoms with van der Waals surface area (Å²) in [5.74, 6) is 2.72. The Morgan fingerprint density at radius 1 is 1.47 bits per heavy atom. The predicted molar refractivity (Wildman–Crippen MR) is 71.1 cm³/mol. The van der Waals surface area contributed by atoms with E-state index in [9.17, 15) is 4.79 Å². The third-order valence-corrected chi connectivity index (χ3v) is 3.02. The fourth-order valence-electron chi connectivity index (χ4n) is 2.02. The van der Waals surface area contributed by atoms with Gasteiger partial charge in [-0.25, -0.2) is 4.79 Å². The van der Waals surface area contributed by atoms with Crippen molar-refractivity contribution in [3.63, 3.8) is 0 Å². The molecule has 0 radical (unpaired) electrons. The fourth-order valence-corrected chi connectivity index (χ4v) is 2.02. The molecule has 2 N–H and O–H groups in total. The lowest BCUT2D eigenvalue weighted by Gasteiger charge is -2.27. The number of nitrogens with two attached hydrogens (primary N) is 1. The number of amides is 2. The van der Waals surface area contributed by atoms with Gasteiger partial charge in [-0.1, -0.05) is 18.1 Å². The molecule has 1 aliphatic heterocycles. The van der Waals surface area contributed by atoms with E-state index in [4.69, 9.17) is 17.4 Å². The molecule has 2 atom stereocenters. The average Bonchev–Trinajstić information content (AvgIpc) is 2.72. The van der Waals surface area contributed by atoms with Crippen LogP contribution in [0.4, 0.5) is 4.79 Å². The molecule has 2 rings (SSSR count). The zero-order chi connectivity index (χ0) is 14.0. The molecule has 0 spiro atoms.